The van der Waals surface area contributed by atoms with Crippen LogP contribution in [0.1, 0.15) is 29.3 Å². The molecule has 1 fully saturated rings. The number of carbonyl (C=O) groups is 2. The molecule has 1 saturated heterocycles. The molecule has 0 unspecified atom stereocenters. The molecule has 1 aromatic heterocycles. The number of hydrogen-bond acceptors (Lipinski definition) is 4. The van der Waals surface area contributed by atoms with E-state index in [0.717, 1.165) is 11.3 Å². The summed E-state index contributed by atoms with van der Waals surface area (Å²) in [6.45, 7) is 2.28. The van der Waals surface area contributed by atoms with Gasteiger partial charge in [-0.25, -0.2) is 4.39 Å². The van der Waals surface area contributed by atoms with E-state index in [1.54, 1.807) is 53.0 Å². The van der Waals surface area contributed by atoms with Gasteiger partial charge >= 0.3 is 5.97 Å². The number of aromatic nitrogens is 2. The number of carboxylic acids is 1. The summed E-state index contributed by atoms with van der Waals surface area (Å²) in [5.74, 6) is -2.30. The van der Waals surface area contributed by atoms with Crippen LogP contribution in [0, 0.1) is 18.7 Å². The van der Waals surface area contributed by atoms with Crippen molar-refractivity contribution in [2.75, 3.05) is 14.1 Å². The Hall–Kier alpha value is -2.74. The van der Waals surface area contributed by atoms with Crippen LogP contribution in [-0.2, 0) is 23.2 Å². The molecular formula is C20H25FN4O3. The number of carbonyl (C=O) groups excluding carboxylic acids is 1. The van der Waals surface area contributed by atoms with Crippen molar-refractivity contribution >= 4 is 11.9 Å². The highest BCUT2D eigenvalue weighted by molar-refractivity contribution is 5.83. The van der Waals surface area contributed by atoms with E-state index in [0.29, 0.717) is 12.1 Å². The lowest BCUT2D eigenvalue weighted by Gasteiger charge is -2.29. The van der Waals surface area contributed by atoms with Crippen LogP contribution in [0.2, 0.25) is 0 Å². The summed E-state index contributed by atoms with van der Waals surface area (Å²) in [6.07, 6.45) is 1.86. The van der Waals surface area contributed by atoms with Crippen molar-refractivity contribution in [3.8, 4) is 0 Å². The smallest absolute Gasteiger partial charge is 0.320 e. The average molecular weight is 388 g/mol. The molecule has 0 spiro atoms. The first-order chi connectivity index (χ1) is 13.2. The van der Waals surface area contributed by atoms with Crippen LogP contribution in [0.4, 0.5) is 4.39 Å². The topological polar surface area (TPSA) is 78.7 Å². The van der Waals surface area contributed by atoms with Gasteiger partial charge in [-0.05, 0) is 26.5 Å². The van der Waals surface area contributed by atoms with Crippen LogP contribution in [0.25, 0.3) is 0 Å². The number of carboxylic acid groups (broad SMARTS) is 1. The molecule has 3 atom stereocenters. The van der Waals surface area contributed by atoms with Gasteiger partial charge in [0, 0.05) is 43.5 Å². The third kappa shape index (κ3) is 3.52. The van der Waals surface area contributed by atoms with Crippen molar-refractivity contribution in [1.82, 2.24) is 19.6 Å². The van der Waals surface area contributed by atoms with Gasteiger partial charge in [-0.3, -0.25) is 19.2 Å². The summed E-state index contributed by atoms with van der Waals surface area (Å²) in [7, 11) is 5.15. The number of benzene rings is 1. The molecule has 2 heterocycles. The Labute approximate surface area is 163 Å². The Morgan fingerprint density at radius 1 is 1.32 bits per heavy atom. The van der Waals surface area contributed by atoms with E-state index < -0.39 is 29.8 Å². The van der Waals surface area contributed by atoms with Crippen molar-refractivity contribution in [2.24, 2.45) is 13.0 Å². The largest absolute Gasteiger partial charge is 0.480 e. The Morgan fingerprint density at radius 3 is 2.57 bits per heavy atom. The van der Waals surface area contributed by atoms with Crippen LogP contribution in [0.5, 0.6) is 0 Å². The monoisotopic (exact) mass is 388 g/mol. The number of amides is 1. The van der Waals surface area contributed by atoms with Crippen molar-refractivity contribution < 1.29 is 19.1 Å². The van der Waals surface area contributed by atoms with Gasteiger partial charge < -0.3 is 10.0 Å². The van der Waals surface area contributed by atoms with E-state index in [4.69, 9.17) is 0 Å². The number of rotatable bonds is 5. The highest BCUT2D eigenvalue weighted by Gasteiger charge is 2.48. The van der Waals surface area contributed by atoms with Gasteiger partial charge in [0.05, 0.1) is 12.1 Å². The van der Waals surface area contributed by atoms with Crippen molar-refractivity contribution in [2.45, 2.75) is 32.0 Å². The molecule has 0 bridgehead atoms. The van der Waals surface area contributed by atoms with Crippen LogP contribution in [-0.4, -0.2) is 56.7 Å². The minimum atomic E-state index is -1.01. The normalized spacial score (nSPS) is 22.4. The van der Waals surface area contributed by atoms with Gasteiger partial charge in [0.2, 0.25) is 5.91 Å². The molecule has 1 aliphatic heterocycles. The Balaban J connectivity index is 1.90. The number of nitrogens with zero attached hydrogens (tertiary/aromatic N) is 4. The van der Waals surface area contributed by atoms with E-state index in [2.05, 4.69) is 5.10 Å². The lowest BCUT2D eigenvalue weighted by atomic mass is 9.91. The molecule has 2 aromatic rings. The Morgan fingerprint density at radius 2 is 2.00 bits per heavy atom. The first-order valence-electron chi connectivity index (χ1n) is 9.14. The number of likely N-dealkylation sites (N-methyl/N-ethyl adjacent to an activating group) is 1. The molecule has 0 aliphatic carbocycles. The number of aryl methyl sites for hydroxylation is 1. The molecule has 150 valence electrons. The highest BCUT2D eigenvalue weighted by atomic mass is 19.1. The predicted octanol–water partition coefficient (Wildman–Crippen LogP) is 1.97. The standard InChI is InChI=1S/C20H25FN4O3/c1-12-13(10-22-25(12)4)11-23(2)19(26)15-9-17(20(27)28)24(3)18(15)14-7-5-6-8-16(14)21/h5-8,10,15,17-18H,9,11H2,1-4H3,(H,27,28)/t15-,17-,18-/m0/s1. The van der Waals surface area contributed by atoms with Gasteiger partial charge in [-0.2, -0.15) is 5.10 Å². The fourth-order valence-corrected chi connectivity index (χ4v) is 3.99. The third-order valence-electron chi connectivity index (χ3n) is 5.74. The molecule has 0 saturated carbocycles. The van der Waals surface area contributed by atoms with Crippen LogP contribution in [0.3, 0.4) is 0 Å². The lowest BCUT2D eigenvalue weighted by molar-refractivity contribution is -0.142. The zero-order valence-corrected chi connectivity index (χ0v) is 16.5. The third-order valence-corrected chi connectivity index (χ3v) is 5.74. The minimum absolute atomic E-state index is 0.139. The van der Waals surface area contributed by atoms with Crippen LogP contribution < -0.4 is 0 Å². The number of aliphatic carboxylic acids is 1. The van der Waals surface area contributed by atoms with E-state index in [1.807, 2.05) is 14.0 Å². The van der Waals surface area contributed by atoms with Crippen molar-refractivity contribution in [1.29, 1.82) is 0 Å². The molecular weight excluding hydrogens is 363 g/mol. The summed E-state index contributed by atoms with van der Waals surface area (Å²) in [4.78, 5) is 28.1. The Bertz CT molecular complexity index is 897. The molecule has 1 amide bonds. The van der Waals surface area contributed by atoms with E-state index >= 15 is 0 Å². The molecule has 0 radical (unpaired) electrons. The number of hydrogen-bond donors (Lipinski definition) is 1. The minimum Gasteiger partial charge on any atom is -0.480 e. The number of likely N-dealkylation sites (tertiary alicyclic amines) is 1. The SMILES string of the molecule is Cc1c(CN(C)C(=O)[C@H]2C[C@@H](C(=O)O)N(C)[C@H]2c2ccccc2F)cnn1C. The van der Waals surface area contributed by atoms with Gasteiger partial charge in [0.1, 0.15) is 11.9 Å². The Kier molecular flexibility index (Phi) is 5.51. The fourth-order valence-electron chi connectivity index (χ4n) is 3.99. The summed E-state index contributed by atoms with van der Waals surface area (Å²) in [5.41, 5.74) is 2.22. The maximum atomic E-state index is 14.5. The van der Waals surface area contributed by atoms with Gasteiger partial charge in [-0.15, -0.1) is 0 Å². The highest BCUT2D eigenvalue weighted by Crippen LogP contribution is 2.41. The summed E-state index contributed by atoms with van der Waals surface area (Å²) >= 11 is 0. The van der Waals surface area contributed by atoms with E-state index in [1.165, 1.54) is 6.07 Å². The summed E-state index contributed by atoms with van der Waals surface area (Å²) in [6, 6.07) is 4.76. The molecule has 8 heteroatoms. The van der Waals surface area contributed by atoms with E-state index in [9.17, 15) is 19.1 Å². The quantitative estimate of drug-likeness (QED) is 0.847. The molecule has 28 heavy (non-hydrogen) atoms. The first kappa shape index (κ1) is 20.0. The zero-order chi connectivity index (χ0) is 20.6. The molecule has 7 nitrogen and oxygen atoms in total. The van der Waals surface area contributed by atoms with Crippen LogP contribution >= 0.6 is 0 Å². The maximum absolute atomic E-state index is 14.5. The van der Waals surface area contributed by atoms with Crippen molar-refractivity contribution in [3.05, 3.63) is 53.1 Å². The van der Waals surface area contributed by atoms with Crippen LogP contribution in [0.15, 0.2) is 30.5 Å². The molecule has 1 aromatic carbocycles. The molecule has 1 N–H and O–H groups in total. The average Bonchev–Trinajstić information content (AvgIpc) is 3.16. The van der Waals surface area contributed by atoms with Gasteiger partial charge in [0.15, 0.2) is 0 Å². The number of halogens is 1. The zero-order valence-electron chi connectivity index (χ0n) is 16.5. The second-order valence-electron chi connectivity index (χ2n) is 7.40. The first-order valence-corrected chi connectivity index (χ1v) is 9.14. The second-order valence-corrected chi connectivity index (χ2v) is 7.40. The summed E-state index contributed by atoms with van der Waals surface area (Å²) in [5, 5.41) is 13.7. The molecule has 3 rings (SSSR count). The summed E-state index contributed by atoms with van der Waals surface area (Å²) < 4.78 is 16.2. The second kappa shape index (κ2) is 7.71. The van der Waals surface area contributed by atoms with E-state index in [-0.39, 0.29) is 12.3 Å². The lowest BCUT2D eigenvalue weighted by Crippen LogP contribution is -2.37. The van der Waals surface area contributed by atoms with Gasteiger partial charge in [-0.1, -0.05) is 18.2 Å². The van der Waals surface area contributed by atoms with Gasteiger partial charge in [0.25, 0.3) is 0 Å². The maximum Gasteiger partial charge on any atom is 0.320 e. The molecule has 1 aliphatic rings. The van der Waals surface area contributed by atoms with Crippen molar-refractivity contribution in [3.63, 3.8) is 0 Å². The fraction of sp³-hybridized carbons (Fsp3) is 0.450. The predicted molar refractivity (Wildman–Crippen MR) is 101 cm³/mol.